The van der Waals surface area contributed by atoms with Gasteiger partial charge < -0.3 is 0 Å². The maximum absolute atomic E-state index is 4.66. The van der Waals surface area contributed by atoms with Gasteiger partial charge in [-0.05, 0) is 44.2 Å². The standard InChI is InChI=1S/C14H19N3S4/c1-7-6-20-12(16-7)11-8(2)10(13(19-3)21-11)9-4-5-15-14(18)17-9/h6,9,14-15,17-18H,4-5H2,1-3H3. The van der Waals surface area contributed by atoms with Gasteiger partial charge in [0.15, 0.2) is 0 Å². The van der Waals surface area contributed by atoms with Crippen LogP contribution in [0.25, 0.3) is 9.88 Å². The van der Waals surface area contributed by atoms with Crippen molar-refractivity contribution in [3.8, 4) is 9.88 Å². The fraction of sp³-hybridized carbons (Fsp3) is 0.500. The molecule has 2 aromatic heterocycles. The molecule has 1 fully saturated rings. The van der Waals surface area contributed by atoms with Gasteiger partial charge in [0, 0.05) is 17.1 Å². The number of thiol groups is 1. The van der Waals surface area contributed by atoms with Crippen molar-refractivity contribution in [3.05, 3.63) is 22.2 Å². The van der Waals surface area contributed by atoms with Crippen molar-refractivity contribution in [1.29, 1.82) is 0 Å². The van der Waals surface area contributed by atoms with Crippen LogP contribution in [-0.2, 0) is 0 Å². The molecule has 0 amide bonds. The first-order chi connectivity index (χ1) is 10.1. The van der Waals surface area contributed by atoms with Crippen molar-refractivity contribution in [2.24, 2.45) is 0 Å². The van der Waals surface area contributed by atoms with Crippen molar-refractivity contribution < 1.29 is 0 Å². The van der Waals surface area contributed by atoms with Gasteiger partial charge in [-0.3, -0.25) is 10.6 Å². The molecule has 0 spiro atoms. The second-order valence-electron chi connectivity index (χ2n) is 5.12. The van der Waals surface area contributed by atoms with E-state index in [1.807, 2.05) is 23.1 Å². The van der Waals surface area contributed by atoms with E-state index in [0.717, 1.165) is 23.7 Å². The minimum Gasteiger partial charge on any atom is -0.293 e. The molecule has 0 aromatic carbocycles. The second-order valence-corrected chi connectivity index (χ2v) is 8.59. The average Bonchev–Trinajstić information content (AvgIpc) is 3.02. The largest absolute Gasteiger partial charge is 0.293 e. The topological polar surface area (TPSA) is 37.0 Å². The van der Waals surface area contributed by atoms with E-state index < -0.39 is 0 Å². The smallest absolute Gasteiger partial charge is 0.133 e. The van der Waals surface area contributed by atoms with Crippen LogP contribution in [0.15, 0.2) is 9.59 Å². The van der Waals surface area contributed by atoms with Crippen molar-refractivity contribution in [2.75, 3.05) is 12.8 Å². The van der Waals surface area contributed by atoms with Crippen LogP contribution in [0.1, 0.15) is 29.3 Å². The Hall–Kier alpha value is -0.0500. The lowest BCUT2D eigenvalue weighted by atomic mass is 10.0. The maximum atomic E-state index is 4.66. The Kier molecular flexibility index (Phi) is 4.97. The van der Waals surface area contributed by atoms with E-state index in [1.54, 1.807) is 11.3 Å². The summed E-state index contributed by atoms with van der Waals surface area (Å²) in [6, 6.07) is 0.377. The van der Waals surface area contributed by atoms with E-state index in [2.05, 4.69) is 53.7 Å². The van der Waals surface area contributed by atoms with E-state index in [1.165, 1.54) is 20.2 Å². The van der Waals surface area contributed by atoms with Gasteiger partial charge in [0.05, 0.1) is 9.09 Å². The Labute approximate surface area is 143 Å². The van der Waals surface area contributed by atoms with E-state index in [9.17, 15) is 0 Å². The second kappa shape index (κ2) is 6.60. The summed E-state index contributed by atoms with van der Waals surface area (Å²) >= 11 is 9.96. The van der Waals surface area contributed by atoms with Crippen LogP contribution in [0, 0.1) is 13.8 Å². The minimum atomic E-state index is 0.0725. The fourth-order valence-corrected chi connectivity index (χ4v) is 6.10. The molecule has 0 bridgehead atoms. The zero-order valence-corrected chi connectivity index (χ0v) is 15.6. The van der Waals surface area contributed by atoms with E-state index in [-0.39, 0.29) is 5.50 Å². The number of thiazole rings is 1. The molecule has 1 aliphatic rings. The number of aryl methyl sites for hydroxylation is 1. The SMILES string of the molecule is CSc1sc(-c2nc(C)cs2)c(C)c1C1CCNC(S)N1. The Balaban J connectivity index is 2.01. The van der Waals surface area contributed by atoms with Gasteiger partial charge in [0.25, 0.3) is 0 Å². The molecule has 2 atom stereocenters. The van der Waals surface area contributed by atoms with E-state index in [4.69, 9.17) is 0 Å². The summed E-state index contributed by atoms with van der Waals surface area (Å²) in [5, 5.41) is 10.1. The summed E-state index contributed by atoms with van der Waals surface area (Å²) < 4.78 is 1.40. The first-order valence-electron chi connectivity index (χ1n) is 6.87. The molecule has 0 radical (unpaired) electrons. The normalized spacial score (nSPS) is 22.7. The fourth-order valence-electron chi connectivity index (χ4n) is 2.64. The Morgan fingerprint density at radius 3 is 2.86 bits per heavy atom. The number of hydrogen-bond acceptors (Lipinski definition) is 7. The monoisotopic (exact) mass is 357 g/mol. The predicted molar refractivity (Wildman–Crippen MR) is 98.0 cm³/mol. The molecule has 3 nitrogen and oxygen atoms in total. The lowest BCUT2D eigenvalue weighted by molar-refractivity contribution is 0.373. The zero-order chi connectivity index (χ0) is 15.0. The van der Waals surface area contributed by atoms with Gasteiger partial charge >= 0.3 is 0 Å². The van der Waals surface area contributed by atoms with Gasteiger partial charge in [-0.1, -0.05) is 0 Å². The van der Waals surface area contributed by atoms with Crippen LogP contribution in [0.5, 0.6) is 0 Å². The highest BCUT2D eigenvalue weighted by Gasteiger charge is 2.27. The van der Waals surface area contributed by atoms with Crippen LogP contribution in [0.3, 0.4) is 0 Å². The highest BCUT2D eigenvalue weighted by atomic mass is 32.2. The van der Waals surface area contributed by atoms with Crippen molar-refractivity contribution in [1.82, 2.24) is 15.6 Å². The summed E-state index contributed by atoms with van der Waals surface area (Å²) in [6.07, 6.45) is 3.25. The molecular weight excluding hydrogens is 338 g/mol. The summed E-state index contributed by atoms with van der Waals surface area (Å²) in [6.45, 7) is 5.29. The lowest BCUT2D eigenvalue weighted by Crippen LogP contribution is -2.46. The van der Waals surface area contributed by atoms with Crippen LogP contribution >= 0.6 is 47.1 Å². The third-order valence-electron chi connectivity index (χ3n) is 3.64. The molecule has 2 aromatic rings. The van der Waals surface area contributed by atoms with Gasteiger partial charge in [0.1, 0.15) is 10.5 Å². The molecule has 114 valence electrons. The number of nitrogens with one attached hydrogen (secondary N) is 2. The van der Waals surface area contributed by atoms with Crippen molar-refractivity contribution in [2.45, 2.75) is 36.0 Å². The molecule has 0 aliphatic carbocycles. The van der Waals surface area contributed by atoms with Crippen LogP contribution in [0.4, 0.5) is 0 Å². The van der Waals surface area contributed by atoms with Crippen molar-refractivity contribution in [3.63, 3.8) is 0 Å². The molecule has 1 saturated heterocycles. The molecule has 21 heavy (non-hydrogen) atoms. The molecule has 0 saturated carbocycles. The molecule has 3 rings (SSSR count). The Morgan fingerprint density at radius 1 is 1.43 bits per heavy atom. The predicted octanol–water partition coefficient (Wildman–Crippen LogP) is 4.05. The number of hydrogen-bond donors (Lipinski definition) is 3. The molecular formula is C14H19N3S4. The van der Waals surface area contributed by atoms with Crippen LogP contribution in [0.2, 0.25) is 0 Å². The number of thiophene rings is 1. The van der Waals surface area contributed by atoms with Gasteiger partial charge in [0.2, 0.25) is 0 Å². The summed E-state index contributed by atoms with van der Waals surface area (Å²) in [4.78, 5) is 5.99. The summed E-state index contributed by atoms with van der Waals surface area (Å²) in [5.74, 6) is 0. The van der Waals surface area contributed by atoms with E-state index in [0.29, 0.717) is 6.04 Å². The highest BCUT2D eigenvalue weighted by Crippen LogP contribution is 2.45. The quantitative estimate of drug-likeness (QED) is 0.572. The molecule has 1 aliphatic heterocycles. The molecule has 2 unspecified atom stereocenters. The maximum Gasteiger partial charge on any atom is 0.133 e. The van der Waals surface area contributed by atoms with Crippen molar-refractivity contribution >= 4 is 47.1 Å². The minimum absolute atomic E-state index is 0.0725. The third kappa shape index (κ3) is 3.18. The lowest BCUT2D eigenvalue weighted by Gasteiger charge is -2.30. The Morgan fingerprint density at radius 2 is 2.24 bits per heavy atom. The van der Waals surface area contributed by atoms with Crippen LogP contribution < -0.4 is 10.6 Å². The summed E-state index contributed by atoms with van der Waals surface area (Å²) in [5.41, 5.74) is 3.99. The third-order valence-corrected chi connectivity index (χ3v) is 7.52. The first-order valence-corrected chi connectivity index (χ1v) is 10.3. The number of nitrogens with zero attached hydrogens (tertiary/aromatic N) is 1. The Bertz CT molecular complexity index is 634. The number of rotatable bonds is 3. The van der Waals surface area contributed by atoms with E-state index >= 15 is 0 Å². The molecule has 7 heteroatoms. The van der Waals surface area contributed by atoms with Crippen LogP contribution in [-0.4, -0.2) is 23.3 Å². The zero-order valence-electron chi connectivity index (χ0n) is 12.3. The molecule has 2 N–H and O–H groups in total. The van der Waals surface area contributed by atoms with Gasteiger partial charge in [-0.15, -0.1) is 47.1 Å². The van der Waals surface area contributed by atoms with Gasteiger partial charge in [-0.25, -0.2) is 4.98 Å². The van der Waals surface area contributed by atoms with Gasteiger partial charge in [-0.2, -0.15) is 0 Å². The summed E-state index contributed by atoms with van der Waals surface area (Å²) in [7, 11) is 0. The number of thioether (sulfide) groups is 1. The average molecular weight is 358 g/mol. The highest BCUT2D eigenvalue weighted by molar-refractivity contribution is 8.00. The first kappa shape index (κ1) is 15.8. The molecule has 3 heterocycles. The number of aromatic nitrogens is 1.